The fourth-order valence-electron chi connectivity index (χ4n) is 1.81. The molecular formula is C9H18N2O2. The Morgan fingerprint density at radius 2 is 2.46 bits per heavy atom. The zero-order valence-electron chi connectivity index (χ0n) is 8.12. The van der Waals surface area contributed by atoms with Crippen molar-refractivity contribution >= 4 is 5.91 Å². The molecule has 4 nitrogen and oxygen atoms in total. The molecule has 0 aromatic heterocycles. The Balaban J connectivity index is 2.28. The van der Waals surface area contributed by atoms with Crippen molar-refractivity contribution in [2.45, 2.75) is 25.8 Å². The quantitative estimate of drug-likeness (QED) is 0.629. The van der Waals surface area contributed by atoms with Crippen LogP contribution in [-0.4, -0.2) is 48.2 Å². The van der Waals surface area contributed by atoms with Gasteiger partial charge in [-0.05, 0) is 19.4 Å². The van der Waals surface area contributed by atoms with Crippen LogP contribution >= 0.6 is 0 Å². The summed E-state index contributed by atoms with van der Waals surface area (Å²) in [6, 6.07) is 0.276. The summed E-state index contributed by atoms with van der Waals surface area (Å²) in [6.07, 6.45) is 2.16. The lowest BCUT2D eigenvalue weighted by Crippen LogP contribution is -2.47. The first-order valence-corrected chi connectivity index (χ1v) is 4.82. The number of rotatable bonds is 3. The fraction of sp³-hybridized carbons (Fsp3) is 0.889. The minimum atomic E-state index is 0.0378. The van der Waals surface area contributed by atoms with Gasteiger partial charge in [0.15, 0.2) is 0 Å². The van der Waals surface area contributed by atoms with Gasteiger partial charge in [0.1, 0.15) is 0 Å². The molecular weight excluding hydrogens is 168 g/mol. The maximum atomic E-state index is 10.8. The van der Waals surface area contributed by atoms with Gasteiger partial charge in [-0.25, -0.2) is 0 Å². The molecule has 1 aliphatic rings. The van der Waals surface area contributed by atoms with Crippen molar-refractivity contribution in [1.82, 2.24) is 10.2 Å². The second-order valence-corrected chi connectivity index (χ2v) is 3.56. The number of piperidine rings is 1. The Hall–Kier alpha value is -0.610. The number of hydrogen-bond donors (Lipinski definition) is 2. The molecule has 13 heavy (non-hydrogen) atoms. The number of amides is 1. The van der Waals surface area contributed by atoms with Gasteiger partial charge in [0, 0.05) is 26.1 Å². The van der Waals surface area contributed by atoms with Crippen LogP contribution in [0.5, 0.6) is 0 Å². The monoisotopic (exact) mass is 186 g/mol. The molecule has 1 rings (SSSR count). The summed E-state index contributed by atoms with van der Waals surface area (Å²) in [5.41, 5.74) is 0. The molecule has 76 valence electrons. The fourth-order valence-corrected chi connectivity index (χ4v) is 1.81. The average Bonchev–Trinajstić information content (AvgIpc) is 2.04. The summed E-state index contributed by atoms with van der Waals surface area (Å²) in [5, 5.41) is 11.7. The van der Waals surface area contributed by atoms with Crippen LogP contribution in [0, 0.1) is 0 Å². The highest BCUT2D eigenvalue weighted by Gasteiger charge is 2.19. The van der Waals surface area contributed by atoms with E-state index in [-0.39, 0.29) is 18.6 Å². The van der Waals surface area contributed by atoms with Gasteiger partial charge in [0.2, 0.25) is 5.91 Å². The summed E-state index contributed by atoms with van der Waals surface area (Å²) >= 11 is 0. The molecule has 0 saturated carbocycles. The molecule has 1 unspecified atom stereocenters. The maximum Gasteiger partial charge on any atom is 0.217 e. The molecule has 0 aliphatic carbocycles. The van der Waals surface area contributed by atoms with Crippen molar-refractivity contribution < 1.29 is 9.90 Å². The molecule has 1 heterocycles. The lowest BCUT2D eigenvalue weighted by atomic mass is 10.1. The van der Waals surface area contributed by atoms with Gasteiger partial charge in [-0.2, -0.15) is 0 Å². The van der Waals surface area contributed by atoms with Crippen molar-refractivity contribution in [2.75, 3.05) is 26.2 Å². The molecule has 2 N–H and O–H groups in total. The van der Waals surface area contributed by atoms with Crippen molar-refractivity contribution in [2.24, 2.45) is 0 Å². The molecule has 0 bridgehead atoms. The number of nitrogens with one attached hydrogen (secondary N) is 1. The van der Waals surface area contributed by atoms with Crippen LogP contribution in [0.25, 0.3) is 0 Å². The number of aliphatic hydroxyl groups excluding tert-OH is 1. The topological polar surface area (TPSA) is 52.6 Å². The van der Waals surface area contributed by atoms with E-state index in [0.29, 0.717) is 0 Å². The molecule has 1 atom stereocenters. The lowest BCUT2D eigenvalue weighted by molar-refractivity contribution is -0.120. The van der Waals surface area contributed by atoms with E-state index in [1.54, 1.807) is 6.92 Å². The first-order valence-electron chi connectivity index (χ1n) is 4.82. The molecule has 4 heteroatoms. The Morgan fingerprint density at radius 1 is 1.69 bits per heavy atom. The van der Waals surface area contributed by atoms with Gasteiger partial charge in [-0.15, -0.1) is 0 Å². The molecule has 0 radical (unpaired) electrons. The van der Waals surface area contributed by atoms with Crippen molar-refractivity contribution in [3.63, 3.8) is 0 Å². The van der Waals surface area contributed by atoms with Gasteiger partial charge >= 0.3 is 0 Å². The van der Waals surface area contributed by atoms with E-state index in [9.17, 15) is 4.79 Å². The van der Waals surface area contributed by atoms with Gasteiger partial charge in [0.25, 0.3) is 0 Å². The number of carbonyl (C=O) groups excluding carboxylic acids is 1. The van der Waals surface area contributed by atoms with E-state index in [2.05, 4.69) is 10.2 Å². The lowest BCUT2D eigenvalue weighted by Gasteiger charge is -2.32. The second kappa shape index (κ2) is 5.19. The highest BCUT2D eigenvalue weighted by atomic mass is 16.3. The Morgan fingerprint density at radius 3 is 3.08 bits per heavy atom. The van der Waals surface area contributed by atoms with Crippen LogP contribution in [0.2, 0.25) is 0 Å². The van der Waals surface area contributed by atoms with E-state index in [1.807, 2.05) is 0 Å². The standard InChI is InChI=1S/C9H18N2O2/c1-8(13)10-9-3-2-4-11(7-9)5-6-12/h9,12H,2-7H2,1H3,(H,10,13). The Kier molecular flexibility index (Phi) is 4.18. The minimum Gasteiger partial charge on any atom is -0.395 e. The van der Waals surface area contributed by atoms with E-state index in [1.165, 1.54) is 0 Å². The summed E-state index contributed by atoms with van der Waals surface area (Å²) in [5.74, 6) is 0.0378. The number of β-amino-alcohol motifs (C(OH)–C–C–N with tert-alkyl or cyclic N) is 1. The van der Waals surface area contributed by atoms with Crippen LogP contribution in [0.15, 0.2) is 0 Å². The summed E-state index contributed by atoms with van der Waals surface area (Å²) in [4.78, 5) is 13.0. The van der Waals surface area contributed by atoms with E-state index in [0.717, 1.165) is 32.5 Å². The summed E-state index contributed by atoms with van der Waals surface area (Å²) in [6.45, 7) is 4.38. The molecule has 1 fully saturated rings. The molecule has 0 aromatic carbocycles. The Bertz CT molecular complexity index is 171. The largest absolute Gasteiger partial charge is 0.395 e. The zero-order chi connectivity index (χ0) is 9.68. The maximum absolute atomic E-state index is 10.8. The third-order valence-corrected chi connectivity index (χ3v) is 2.33. The Labute approximate surface area is 78.9 Å². The second-order valence-electron chi connectivity index (χ2n) is 3.56. The minimum absolute atomic E-state index is 0.0378. The van der Waals surface area contributed by atoms with Gasteiger partial charge < -0.3 is 10.4 Å². The molecule has 0 aromatic rings. The first kappa shape index (κ1) is 10.5. The predicted molar refractivity (Wildman–Crippen MR) is 50.4 cm³/mol. The normalized spacial score (nSPS) is 24.3. The third kappa shape index (κ3) is 3.74. The first-order chi connectivity index (χ1) is 6.22. The number of aliphatic hydroxyl groups is 1. The van der Waals surface area contributed by atoms with Crippen molar-refractivity contribution in [3.05, 3.63) is 0 Å². The molecule has 0 spiro atoms. The van der Waals surface area contributed by atoms with Crippen LogP contribution in [-0.2, 0) is 4.79 Å². The number of nitrogens with zero attached hydrogens (tertiary/aromatic N) is 1. The van der Waals surface area contributed by atoms with Crippen molar-refractivity contribution in [3.8, 4) is 0 Å². The number of carbonyl (C=O) groups is 1. The average molecular weight is 186 g/mol. The SMILES string of the molecule is CC(=O)NC1CCCN(CCO)C1. The van der Waals surface area contributed by atoms with Crippen LogP contribution in [0.4, 0.5) is 0 Å². The zero-order valence-corrected chi connectivity index (χ0v) is 8.12. The predicted octanol–water partition coefficient (Wildman–Crippen LogP) is -0.421. The van der Waals surface area contributed by atoms with E-state index < -0.39 is 0 Å². The van der Waals surface area contributed by atoms with Crippen LogP contribution in [0.3, 0.4) is 0 Å². The van der Waals surface area contributed by atoms with Gasteiger partial charge in [0.05, 0.1) is 6.61 Å². The van der Waals surface area contributed by atoms with Gasteiger partial charge in [-0.3, -0.25) is 9.69 Å². The molecule has 1 amide bonds. The summed E-state index contributed by atoms with van der Waals surface area (Å²) in [7, 11) is 0. The number of hydrogen-bond acceptors (Lipinski definition) is 3. The highest BCUT2D eigenvalue weighted by molar-refractivity contribution is 5.73. The van der Waals surface area contributed by atoms with Crippen LogP contribution < -0.4 is 5.32 Å². The van der Waals surface area contributed by atoms with E-state index in [4.69, 9.17) is 5.11 Å². The van der Waals surface area contributed by atoms with Crippen LogP contribution in [0.1, 0.15) is 19.8 Å². The summed E-state index contributed by atoms with van der Waals surface area (Å²) < 4.78 is 0. The van der Waals surface area contributed by atoms with Gasteiger partial charge in [-0.1, -0.05) is 0 Å². The molecule has 1 saturated heterocycles. The van der Waals surface area contributed by atoms with Crippen molar-refractivity contribution in [1.29, 1.82) is 0 Å². The number of likely N-dealkylation sites (tertiary alicyclic amines) is 1. The van der Waals surface area contributed by atoms with E-state index >= 15 is 0 Å². The smallest absolute Gasteiger partial charge is 0.217 e. The third-order valence-electron chi connectivity index (χ3n) is 2.33. The molecule has 1 aliphatic heterocycles. The highest BCUT2D eigenvalue weighted by Crippen LogP contribution is 2.09.